The Morgan fingerprint density at radius 2 is 1.95 bits per heavy atom. The SMILES string of the molecule is CSC1(CN)CCN(Cc2cc(C)ccc2C)CC1. The second-order valence-electron chi connectivity index (χ2n) is 5.80. The van der Waals surface area contributed by atoms with E-state index >= 15 is 0 Å². The van der Waals surface area contributed by atoms with Crippen LogP contribution in [0.4, 0.5) is 0 Å². The maximum absolute atomic E-state index is 5.95. The Hall–Kier alpha value is -0.510. The molecule has 0 radical (unpaired) electrons. The maximum atomic E-state index is 5.95. The summed E-state index contributed by atoms with van der Waals surface area (Å²) in [7, 11) is 0. The summed E-state index contributed by atoms with van der Waals surface area (Å²) in [6.07, 6.45) is 4.64. The highest BCUT2D eigenvalue weighted by Crippen LogP contribution is 2.34. The molecule has 0 aliphatic carbocycles. The van der Waals surface area contributed by atoms with Crippen LogP contribution in [0.1, 0.15) is 29.5 Å². The molecule has 0 unspecified atom stereocenters. The number of likely N-dealkylation sites (tertiary alicyclic amines) is 1. The van der Waals surface area contributed by atoms with E-state index in [-0.39, 0.29) is 0 Å². The Labute approximate surface area is 121 Å². The van der Waals surface area contributed by atoms with Gasteiger partial charge in [0.15, 0.2) is 0 Å². The van der Waals surface area contributed by atoms with Crippen molar-refractivity contribution in [2.45, 2.75) is 38.0 Å². The van der Waals surface area contributed by atoms with Gasteiger partial charge >= 0.3 is 0 Å². The molecule has 2 rings (SSSR count). The quantitative estimate of drug-likeness (QED) is 0.918. The molecule has 0 atom stereocenters. The first kappa shape index (κ1) is 14.9. The standard InChI is InChI=1S/C16H26N2S/c1-13-4-5-14(2)15(10-13)11-18-8-6-16(12-17,19-3)7-9-18/h4-5,10H,6-9,11-12,17H2,1-3H3. The van der Waals surface area contributed by atoms with Crippen molar-refractivity contribution in [3.63, 3.8) is 0 Å². The summed E-state index contributed by atoms with van der Waals surface area (Å²) in [4.78, 5) is 2.58. The second kappa shape index (κ2) is 6.29. The molecule has 1 saturated heterocycles. The molecule has 0 spiro atoms. The van der Waals surface area contributed by atoms with Crippen LogP contribution in [-0.4, -0.2) is 35.5 Å². The van der Waals surface area contributed by atoms with Crippen molar-refractivity contribution in [3.8, 4) is 0 Å². The third kappa shape index (κ3) is 3.53. The molecular formula is C16H26N2S. The first-order chi connectivity index (χ1) is 9.08. The Kier molecular flexibility index (Phi) is 4.93. The van der Waals surface area contributed by atoms with Gasteiger partial charge in [-0.05, 0) is 57.2 Å². The first-order valence-electron chi connectivity index (χ1n) is 7.12. The monoisotopic (exact) mass is 278 g/mol. The molecule has 1 aliphatic rings. The highest BCUT2D eigenvalue weighted by molar-refractivity contribution is 8.00. The van der Waals surface area contributed by atoms with Gasteiger partial charge in [0.25, 0.3) is 0 Å². The Balaban J connectivity index is 1.97. The summed E-state index contributed by atoms with van der Waals surface area (Å²) in [6, 6.07) is 6.76. The highest BCUT2D eigenvalue weighted by atomic mass is 32.2. The van der Waals surface area contributed by atoms with Gasteiger partial charge in [0.05, 0.1) is 0 Å². The van der Waals surface area contributed by atoms with Gasteiger partial charge in [-0.15, -0.1) is 0 Å². The van der Waals surface area contributed by atoms with E-state index in [9.17, 15) is 0 Å². The predicted octanol–water partition coefficient (Wildman–Crippen LogP) is 2.96. The lowest BCUT2D eigenvalue weighted by molar-refractivity contribution is 0.194. The number of benzene rings is 1. The fraction of sp³-hybridized carbons (Fsp3) is 0.625. The van der Waals surface area contributed by atoms with Crippen molar-refractivity contribution < 1.29 is 0 Å². The fourth-order valence-electron chi connectivity index (χ4n) is 2.82. The van der Waals surface area contributed by atoms with Gasteiger partial charge in [-0.2, -0.15) is 11.8 Å². The first-order valence-corrected chi connectivity index (χ1v) is 8.35. The molecule has 1 aliphatic heterocycles. The summed E-state index contributed by atoms with van der Waals surface area (Å²) in [5.74, 6) is 0. The number of rotatable bonds is 4. The molecule has 3 heteroatoms. The van der Waals surface area contributed by atoms with E-state index in [1.807, 2.05) is 11.8 Å². The average molecular weight is 278 g/mol. The van der Waals surface area contributed by atoms with Crippen molar-refractivity contribution >= 4 is 11.8 Å². The normalized spacial score (nSPS) is 19.6. The van der Waals surface area contributed by atoms with Crippen LogP contribution in [0.15, 0.2) is 18.2 Å². The van der Waals surface area contributed by atoms with E-state index in [4.69, 9.17) is 5.73 Å². The summed E-state index contributed by atoms with van der Waals surface area (Å²) in [5, 5.41) is 0. The number of hydrogen-bond donors (Lipinski definition) is 1. The largest absolute Gasteiger partial charge is 0.329 e. The average Bonchev–Trinajstić information content (AvgIpc) is 2.44. The van der Waals surface area contributed by atoms with Gasteiger partial charge in [-0.25, -0.2) is 0 Å². The van der Waals surface area contributed by atoms with E-state index in [0.717, 1.165) is 13.1 Å². The van der Waals surface area contributed by atoms with E-state index < -0.39 is 0 Å². The second-order valence-corrected chi connectivity index (χ2v) is 7.07. The molecule has 0 amide bonds. The highest BCUT2D eigenvalue weighted by Gasteiger charge is 2.32. The van der Waals surface area contributed by atoms with Gasteiger partial charge < -0.3 is 5.73 Å². The molecule has 2 nitrogen and oxygen atoms in total. The minimum Gasteiger partial charge on any atom is -0.329 e. The molecule has 106 valence electrons. The van der Waals surface area contributed by atoms with Gasteiger partial charge in [0.1, 0.15) is 0 Å². The molecule has 1 aromatic rings. The molecule has 1 heterocycles. The van der Waals surface area contributed by atoms with Crippen LogP contribution in [0, 0.1) is 13.8 Å². The van der Waals surface area contributed by atoms with Gasteiger partial charge in [0.2, 0.25) is 0 Å². The zero-order valence-corrected chi connectivity index (χ0v) is 13.2. The van der Waals surface area contributed by atoms with Crippen LogP contribution >= 0.6 is 11.8 Å². The lowest BCUT2D eigenvalue weighted by Crippen LogP contribution is -2.46. The molecule has 0 aromatic heterocycles. The smallest absolute Gasteiger partial charge is 0.0303 e. The van der Waals surface area contributed by atoms with Crippen molar-refractivity contribution in [2.75, 3.05) is 25.9 Å². The zero-order valence-electron chi connectivity index (χ0n) is 12.4. The minimum absolute atomic E-state index is 0.331. The van der Waals surface area contributed by atoms with Crippen molar-refractivity contribution in [1.82, 2.24) is 4.90 Å². The number of piperidine rings is 1. The number of hydrogen-bond acceptors (Lipinski definition) is 3. The number of nitrogens with zero attached hydrogens (tertiary/aromatic N) is 1. The summed E-state index contributed by atoms with van der Waals surface area (Å²) >= 11 is 1.96. The predicted molar refractivity (Wildman–Crippen MR) is 85.7 cm³/mol. The third-order valence-electron chi connectivity index (χ3n) is 4.47. The lowest BCUT2D eigenvalue weighted by atomic mass is 9.95. The van der Waals surface area contributed by atoms with Gasteiger partial charge in [-0.3, -0.25) is 4.90 Å². The van der Waals surface area contributed by atoms with Crippen LogP contribution in [-0.2, 0) is 6.54 Å². The fourth-order valence-corrected chi connectivity index (χ4v) is 3.58. The Bertz CT molecular complexity index is 417. The zero-order chi connectivity index (χ0) is 13.9. The number of aryl methyl sites for hydroxylation is 2. The molecular weight excluding hydrogens is 252 g/mol. The Morgan fingerprint density at radius 1 is 1.26 bits per heavy atom. The van der Waals surface area contributed by atoms with Crippen LogP contribution in [0.3, 0.4) is 0 Å². The van der Waals surface area contributed by atoms with Crippen molar-refractivity contribution in [3.05, 3.63) is 34.9 Å². The molecule has 1 fully saturated rings. The molecule has 19 heavy (non-hydrogen) atoms. The molecule has 0 bridgehead atoms. The van der Waals surface area contributed by atoms with Crippen LogP contribution in [0.25, 0.3) is 0 Å². The third-order valence-corrected chi connectivity index (χ3v) is 5.91. The van der Waals surface area contributed by atoms with Gasteiger partial charge in [-0.1, -0.05) is 23.8 Å². The van der Waals surface area contributed by atoms with Crippen LogP contribution in [0.2, 0.25) is 0 Å². The van der Waals surface area contributed by atoms with Gasteiger partial charge in [0, 0.05) is 17.8 Å². The van der Waals surface area contributed by atoms with E-state index in [1.165, 1.54) is 42.6 Å². The summed E-state index contributed by atoms with van der Waals surface area (Å²) in [6.45, 7) is 8.63. The Morgan fingerprint density at radius 3 is 2.53 bits per heavy atom. The van der Waals surface area contributed by atoms with E-state index in [2.05, 4.69) is 43.2 Å². The van der Waals surface area contributed by atoms with Crippen molar-refractivity contribution in [1.29, 1.82) is 0 Å². The minimum atomic E-state index is 0.331. The summed E-state index contributed by atoms with van der Waals surface area (Å²) < 4.78 is 0.331. The maximum Gasteiger partial charge on any atom is 0.0303 e. The van der Waals surface area contributed by atoms with Crippen molar-refractivity contribution in [2.24, 2.45) is 5.73 Å². The molecule has 0 saturated carbocycles. The lowest BCUT2D eigenvalue weighted by Gasteiger charge is -2.40. The summed E-state index contributed by atoms with van der Waals surface area (Å²) in [5.41, 5.74) is 10.2. The topological polar surface area (TPSA) is 29.3 Å². The van der Waals surface area contributed by atoms with Crippen LogP contribution < -0.4 is 5.73 Å². The van der Waals surface area contributed by atoms with Crippen LogP contribution in [0.5, 0.6) is 0 Å². The molecule has 2 N–H and O–H groups in total. The molecule has 1 aromatic carbocycles. The van der Waals surface area contributed by atoms with E-state index in [0.29, 0.717) is 4.75 Å². The number of nitrogens with two attached hydrogens (primary N) is 1. The number of thioether (sulfide) groups is 1. The van der Waals surface area contributed by atoms with E-state index in [1.54, 1.807) is 0 Å².